The van der Waals surface area contributed by atoms with Crippen molar-refractivity contribution in [2.24, 2.45) is 0 Å². The van der Waals surface area contributed by atoms with Crippen molar-refractivity contribution in [3.63, 3.8) is 0 Å². The molecule has 2 heterocycles. The normalized spacial score (nSPS) is 14.8. The van der Waals surface area contributed by atoms with Crippen LogP contribution in [0, 0.1) is 6.92 Å². The summed E-state index contributed by atoms with van der Waals surface area (Å²) >= 11 is 0. The molecule has 0 spiro atoms. The number of hydrogen-bond acceptors (Lipinski definition) is 4. The van der Waals surface area contributed by atoms with Gasteiger partial charge in [0.2, 0.25) is 0 Å². The fraction of sp³-hybridized carbons (Fsp3) is 0.278. The smallest absolute Gasteiger partial charge is 0.251 e. The van der Waals surface area contributed by atoms with Crippen molar-refractivity contribution in [3.8, 4) is 0 Å². The first-order chi connectivity index (χ1) is 11.4. The van der Waals surface area contributed by atoms with Crippen LogP contribution in [0.1, 0.15) is 23.5 Å². The third-order valence-corrected chi connectivity index (χ3v) is 5.21. The second-order valence-electron chi connectivity index (χ2n) is 5.90. The van der Waals surface area contributed by atoms with E-state index in [0.717, 1.165) is 17.7 Å². The lowest BCUT2D eigenvalue weighted by molar-refractivity contribution is -0.114. The number of aryl methyl sites for hydroxylation is 1. The van der Waals surface area contributed by atoms with Crippen LogP contribution in [0.2, 0.25) is 0 Å². The van der Waals surface area contributed by atoms with Gasteiger partial charge in [-0.25, -0.2) is 8.42 Å². The summed E-state index contributed by atoms with van der Waals surface area (Å²) in [5, 5.41) is 0. The summed E-state index contributed by atoms with van der Waals surface area (Å²) in [4.78, 5) is 14.5. The third-order valence-electron chi connectivity index (χ3n) is 4.02. The summed E-state index contributed by atoms with van der Waals surface area (Å²) in [6, 6.07) is 8.71. The average Bonchev–Trinajstić information content (AvgIpc) is 2.96. The highest BCUT2D eigenvalue weighted by Gasteiger charge is 2.25. The van der Waals surface area contributed by atoms with Crippen molar-refractivity contribution in [1.29, 1.82) is 0 Å². The van der Waals surface area contributed by atoms with Gasteiger partial charge < -0.3 is 9.32 Å². The fourth-order valence-electron chi connectivity index (χ4n) is 2.96. The molecule has 5 nitrogen and oxygen atoms in total. The lowest BCUT2D eigenvalue weighted by Crippen LogP contribution is -2.34. The molecular weight excluding hydrogens is 326 g/mol. The first-order valence-electron chi connectivity index (χ1n) is 7.74. The number of fused-ring (bicyclic) bond motifs is 1. The van der Waals surface area contributed by atoms with Crippen LogP contribution in [0.25, 0.3) is 6.08 Å². The molecule has 0 radical (unpaired) electrons. The molecule has 0 atom stereocenters. The summed E-state index contributed by atoms with van der Waals surface area (Å²) < 4.78 is 29.3. The number of carbonyl (C=O) groups is 1. The van der Waals surface area contributed by atoms with E-state index in [2.05, 4.69) is 0 Å². The molecule has 1 amide bonds. The summed E-state index contributed by atoms with van der Waals surface area (Å²) in [6.07, 6.45) is 5.68. The molecule has 0 saturated carbocycles. The number of sulfone groups is 1. The molecule has 3 rings (SSSR count). The molecule has 0 bridgehead atoms. The molecule has 126 valence electrons. The monoisotopic (exact) mass is 345 g/mol. The van der Waals surface area contributed by atoms with Crippen LogP contribution in [-0.2, 0) is 21.1 Å². The standard InChI is InChI=1S/C18H19NO4S/c1-13-8-9-14(23-13)10-11-18(20)19-12-4-5-15-16(19)6-3-7-17(15)24(2,21)22/h3,6-11H,4-5,12H2,1-2H3/b11-10-. The molecule has 0 saturated heterocycles. The third kappa shape index (κ3) is 3.28. The number of anilines is 1. The quantitative estimate of drug-likeness (QED) is 0.802. The first kappa shape index (κ1) is 16.5. The largest absolute Gasteiger partial charge is 0.462 e. The van der Waals surface area contributed by atoms with E-state index in [0.29, 0.717) is 29.3 Å². The molecular formula is C18H19NO4S. The second kappa shape index (κ2) is 6.28. The number of amides is 1. The summed E-state index contributed by atoms with van der Waals surface area (Å²) in [5.74, 6) is 1.21. The Morgan fingerprint density at radius 3 is 2.71 bits per heavy atom. The molecule has 1 aromatic carbocycles. The van der Waals surface area contributed by atoms with E-state index in [1.54, 1.807) is 35.2 Å². The van der Waals surface area contributed by atoms with Gasteiger partial charge in [-0.2, -0.15) is 0 Å². The number of carbonyl (C=O) groups excluding carboxylic acids is 1. The minimum Gasteiger partial charge on any atom is -0.462 e. The Balaban J connectivity index is 1.92. The van der Waals surface area contributed by atoms with Gasteiger partial charge >= 0.3 is 0 Å². The van der Waals surface area contributed by atoms with Gasteiger partial charge in [0, 0.05) is 24.6 Å². The SMILES string of the molecule is Cc1ccc(/C=C\C(=O)N2CCCc3c2cccc3S(C)(=O)=O)o1. The van der Waals surface area contributed by atoms with Crippen molar-refractivity contribution in [2.75, 3.05) is 17.7 Å². The fourth-order valence-corrected chi connectivity index (χ4v) is 3.94. The predicted octanol–water partition coefficient (Wildman–Crippen LogP) is 2.98. The first-order valence-corrected chi connectivity index (χ1v) is 9.63. The number of benzene rings is 1. The van der Waals surface area contributed by atoms with Crippen LogP contribution in [0.3, 0.4) is 0 Å². The number of nitrogens with zero attached hydrogens (tertiary/aromatic N) is 1. The van der Waals surface area contributed by atoms with E-state index in [4.69, 9.17) is 4.42 Å². The number of rotatable bonds is 3. The van der Waals surface area contributed by atoms with Crippen molar-refractivity contribution >= 4 is 27.5 Å². The molecule has 1 aliphatic rings. The molecule has 0 unspecified atom stereocenters. The highest BCUT2D eigenvalue weighted by Crippen LogP contribution is 2.32. The lowest BCUT2D eigenvalue weighted by Gasteiger charge is -2.29. The van der Waals surface area contributed by atoms with E-state index in [9.17, 15) is 13.2 Å². The van der Waals surface area contributed by atoms with E-state index in [1.165, 1.54) is 12.3 Å². The van der Waals surface area contributed by atoms with Crippen LogP contribution in [0.4, 0.5) is 5.69 Å². The van der Waals surface area contributed by atoms with E-state index >= 15 is 0 Å². The Hall–Kier alpha value is -2.34. The summed E-state index contributed by atoms with van der Waals surface area (Å²) in [5.41, 5.74) is 1.40. The Morgan fingerprint density at radius 1 is 1.25 bits per heavy atom. The van der Waals surface area contributed by atoms with Crippen molar-refractivity contribution < 1.29 is 17.6 Å². The molecule has 0 aliphatic carbocycles. The Bertz CT molecular complexity index is 909. The van der Waals surface area contributed by atoms with Crippen LogP contribution in [0.15, 0.2) is 45.7 Å². The van der Waals surface area contributed by atoms with Gasteiger partial charge in [0.15, 0.2) is 9.84 Å². The van der Waals surface area contributed by atoms with Crippen molar-refractivity contribution in [1.82, 2.24) is 0 Å². The molecule has 0 fully saturated rings. The van der Waals surface area contributed by atoms with Gasteiger partial charge in [0.1, 0.15) is 11.5 Å². The zero-order valence-corrected chi connectivity index (χ0v) is 14.5. The molecule has 2 aromatic rings. The van der Waals surface area contributed by atoms with Gasteiger partial charge in [0.25, 0.3) is 5.91 Å². The second-order valence-corrected chi connectivity index (χ2v) is 7.89. The number of furan rings is 1. The molecule has 24 heavy (non-hydrogen) atoms. The van der Waals surface area contributed by atoms with Gasteiger partial charge in [-0.3, -0.25) is 4.79 Å². The van der Waals surface area contributed by atoms with Crippen molar-refractivity contribution in [2.45, 2.75) is 24.7 Å². The number of hydrogen-bond donors (Lipinski definition) is 0. The predicted molar refractivity (Wildman–Crippen MR) is 92.7 cm³/mol. The van der Waals surface area contributed by atoms with E-state index in [1.807, 2.05) is 13.0 Å². The Morgan fingerprint density at radius 2 is 2.04 bits per heavy atom. The van der Waals surface area contributed by atoms with Gasteiger partial charge in [-0.05, 0) is 55.7 Å². The maximum atomic E-state index is 12.5. The summed E-state index contributed by atoms with van der Waals surface area (Å²) in [6.45, 7) is 2.41. The molecule has 6 heteroatoms. The maximum absolute atomic E-state index is 12.5. The van der Waals surface area contributed by atoms with Crippen molar-refractivity contribution in [3.05, 3.63) is 53.5 Å². The van der Waals surface area contributed by atoms with E-state index < -0.39 is 9.84 Å². The minimum atomic E-state index is -3.32. The Labute approximate surface area is 141 Å². The van der Waals surface area contributed by atoms with Crippen LogP contribution >= 0.6 is 0 Å². The Kier molecular flexibility index (Phi) is 4.32. The highest BCUT2D eigenvalue weighted by atomic mass is 32.2. The van der Waals surface area contributed by atoms with Gasteiger partial charge in [-0.1, -0.05) is 6.07 Å². The van der Waals surface area contributed by atoms with Crippen LogP contribution in [0.5, 0.6) is 0 Å². The maximum Gasteiger partial charge on any atom is 0.251 e. The molecule has 1 aromatic heterocycles. The highest BCUT2D eigenvalue weighted by molar-refractivity contribution is 7.90. The van der Waals surface area contributed by atoms with Gasteiger partial charge in [-0.15, -0.1) is 0 Å². The van der Waals surface area contributed by atoms with Crippen LogP contribution in [-0.4, -0.2) is 27.1 Å². The van der Waals surface area contributed by atoms with Gasteiger partial charge in [0.05, 0.1) is 4.90 Å². The molecule has 1 aliphatic heterocycles. The van der Waals surface area contributed by atoms with Crippen LogP contribution < -0.4 is 4.90 Å². The lowest BCUT2D eigenvalue weighted by atomic mass is 10.0. The topological polar surface area (TPSA) is 67.6 Å². The zero-order chi connectivity index (χ0) is 17.3. The average molecular weight is 345 g/mol. The minimum absolute atomic E-state index is 0.185. The molecule has 0 N–H and O–H groups in total. The van der Waals surface area contributed by atoms with E-state index in [-0.39, 0.29) is 5.91 Å². The zero-order valence-electron chi connectivity index (χ0n) is 13.7. The summed E-state index contributed by atoms with van der Waals surface area (Å²) in [7, 11) is -3.32.